The number of thiocarbonyl (C=S) groups is 1. The fourth-order valence-corrected chi connectivity index (χ4v) is 4.43. The van der Waals surface area contributed by atoms with Crippen LogP contribution in [0, 0.1) is 5.92 Å². The molecule has 0 saturated carbocycles. The van der Waals surface area contributed by atoms with E-state index in [4.69, 9.17) is 22.2 Å². The Labute approximate surface area is 178 Å². The third-order valence-corrected chi connectivity index (χ3v) is 5.94. The summed E-state index contributed by atoms with van der Waals surface area (Å²) in [5.41, 5.74) is 2.82. The molecule has 2 aliphatic rings. The van der Waals surface area contributed by atoms with Gasteiger partial charge in [-0.1, -0.05) is 31.2 Å². The van der Waals surface area contributed by atoms with Crippen LogP contribution in [0.2, 0.25) is 0 Å². The molecule has 2 aromatic rings. The first-order chi connectivity index (χ1) is 14.1. The minimum absolute atomic E-state index is 0.562. The molecule has 0 radical (unpaired) electrons. The first-order valence-electron chi connectivity index (χ1n) is 10.6. The highest BCUT2D eigenvalue weighted by molar-refractivity contribution is 7.80. The van der Waals surface area contributed by atoms with Crippen LogP contribution in [0.3, 0.4) is 0 Å². The Bertz CT molecular complexity index is 870. The minimum Gasteiger partial charge on any atom is -0.363 e. The molecule has 0 spiro atoms. The number of fused-ring (bicyclic) bond motifs is 1. The summed E-state index contributed by atoms with van der Waals surface area (Å²) in [5.74, 6) is 3.20. The molecule has 1 atom stereocenters. The van der Waals surface area contributed by atoms with Crippen LogP contribution in [0.1, 0.15) is 37.8 Å². The Morgan fingerprint density at radius 1 is 1.14 bits per heavy atom. The highest BCUT2D eigenvalue weighted by Gasteiger charge is 2.22. The van der Waals surface area contributed by atoms with Gasteiger partial charge in [0, 0.05) is 38.8 Å². The Kier molecular flexibility index (Phi) is 6.13. The summed E-state index contributed by atoms with van der Waals surface area (Å²) in [6, 6.07) is 10.8. The van der Waals surface area contributed by atoms with Crippen molar-refractivity contribution in [2.45, 2.75) is 39.7 Å². The van der Waals surface area contributed by atoms with Crippen molar-refractivity contribution < 1.29 is 0 Å². The molecule has 7 heteroatoms. The van der Waals surface area contributed by atoms with Gasteiger partial charge in [-0.05, 0) is 55.4 Å². The van der Waals surface area contributed by atoms with Gasteiger partial charge in [0.15, 0.2) is 5.11 Å². The van der Waals surface area contributed by atoms with E-state index < -0.39 is 0 Å². The zero-order chi connectivity index (χ0) is 20.2. The molecule has 6 nitrogen and oxygen atoms in total. The average molecular weight is 411 g/mol. The molecule has 1 saturated heterocycles. The molecule has 154 valence electrons. The van der Waals surface area contributed by atoms with Gasteiger partial charge < -0.3 is 20.4 Å². The second-order valence-corrected chi connectivity index (χ2v) is 8.43. The van der Waals surface area contributed by atoms with E-state index in [1.165, 1.54) is 24.0 Å². The SMILES string of the molecule is CCNC(=S)Nc1nc(N2CCc3ccccc3C2)cc(N2CCC[C@@H](C)C2)n1. The van der Waals surface area contributed by atoms with E-state index in [0.717, 1.165) is 50.8 Å². The van der Waals surface area contributed by atoms with Gasteiger partial charge in [-0.3, -0.25) is 0 Å². The molecule has 1 aromatic carbocycles. The van der Waals surface area contributed by atoms with Crippen LogP contribution >= 0.6 is 12.2 Å². The number of benzene rings is 1. The molecule has 0 bridgehead atoms. The third kappa shape index (κ3) is 4.78. The largest absolute Gasteiger partial charge is 0.363 e. The lowest BCUT2D eigenvalue weighted by Crippen LogP contribution is -2.36. The summed E-state index contributed by atoms with van der Waals surface area (Å²) in [6.45, 7) is 9.02. The van der Waals surface area contributed by atoms with Crippen molar-refractivity contribution in [1.82, 2.24) is 15.3 Å². The number of hydrogen-bond acceptors (Lipinski definition) is 5. The minimum atomic E-state index is 0.562. The van der Waals surface area contributed by atoms with Crippen LogP contribution in [0.5, 0.6) is 0 Å². The maximum Gasteiger partial charge on any atom is 0.232 e. The molecule has 2 aliphatic heterocycles. The maximum atomic E-state index is 5.38. The van der Waals surface area contributed by atoms with Gasteiger partial charge in [0.05, 0.1) is 0 Å². The van der Waals surface area contributed by atoms with Gasteiger partial charge in [-0.15, -0.1) is 0 Å². The van der Waals surface area contributed by atoms with Crippen molar-refractivity contribution >= 4 is 34.9 Å². The van der Waals surface area contributed by atoms with Crippen LogP contribution in [-0.2, 0) is 13.0 Å². The number of nitrogens with zero attached hydrogens (tertiary/aromatic N) is 4. The lowest BCUT2D eigenvalue weighted by Gasteiger charge is -2.34. The summed E-state index contributed by atoms with van der Waals surface area (Å²) in [5, 5.41) is 6.86. The molecule has 0 unspecified atom stereocenters. The topological polar surface area (TPSA) is 56.3 Å². The lowest BCUT2D eigenvalue weighted by molar-refractivity contribution is 0.444. The van der Waals surface area contributed by atoms with Crippen molar-refractivity contribution in [3.8, 4) is 0 Å². The van der Waals surface area contributed by atoms with Crippen molar-refractivity contribution in [3.05, 3.63) is 41.5 Å². The van der Waals surface area contributed by atoms with Crippen LogP contribution < -0.4 is 20.4 Å². The molecule has 1 aromatic heterocycles. The van der Waals surface area contributed by atoms with Crippen molar-refractivity contribution in [2.75, 3.05) is 41.3 Å². The van der Waals surface area contributed by atoms with E-state index in [2.05, 4.69) is 57.7 Å². The van der Waals surface area contributed by atoms with Crippen molar-refractivity contribution in [2.24, 2.45) is 5.92 Å². The fourth-order valence-electron chi connectivity index (χ4n) is 4.20. The Morgan fingerprint density at radius 3 is 2.66 bits per heavy atom. The van der Waals surface area contributed by atoms with Crippen LogP contribution in [0.4, 0.5) is 17.6 Å². The van der Waals surface area contributed by atoms with Gasteiger partial charge in [0.1, 0.15) is 11.6 Å². The number of rotatable bonds is 4. The molecule has 0 amide bonds. The zero-order valence-corrected chi connectivity index (χ0v) is 18.1. The van der Waals surface area contributed by atoms with E-state index in [9.17, 15) is 0 Å². The van der Waals surface area contributed by atoms with E-state index >= 15 is 0 Å². The Hall–Kier alpha value is -2.41. The van der Waals surface area contributed by atoms with Crippen LogP contribution in [0.25, 0.3) is 0 Å². The molecule has 2 N–H and O–H groups in total. The zero-order valence-electron chi connectivity index (χ0n) is 17.3. The van der Waals surface area contributed by atoms with Gasteiger partial charge in [-0.2, -0.15) is 9.97 Å². The van der Waals surface area contributed by atoms with Crippen LogP contribution in [0.15, 0.2) is 30.3 Å². The van der Waals surface area contributed by atoms with E-state index in [-0.39, 0.29) is 0 Å². The van der Waals surface area contributed by atoms with Gasteiger partial charge in [0.2, 0.25) is 5.95 Å². The molecule has 3 heterocycles. The molecular weight excluding hydrogens is 380 g/mol. The summed E-state index contributed by atoms with van der Waals surface area (Å²) in [6.07, 6.45) is 3.53. The average Bonchev–Trinajstić information content (AvgIpc) is 2.73. The summed E-state index contributed by atoms with van der Waals surface area (Å²) < 4.78 is 0. The fraction of sp³-hybridized carbons (Fsp3) is 0.500. The van der Waals surface area contributed by atoms with Gasteiger partial charge in [-0.25, -0.2) is 0 Å². The Morgan fingerprint density at radius 2 is 1.90 bits per heavy atom. The van der Waals surface area contributed by atoms with E-state index in [0.29, 0.717) is 17.0 Å². The first kappa shape index (κ1) is 19.9. The number of piperidine rings is 1. The van der Waals surface area contributed by atoms with Gasteiger partial charge in [0.25, 0.3) is 0 Å². The van der Waals surface area contributed by atoms with Crippen molar-refractivity contribution in [1.29, 1.82) is 0 Å². The number of hydrogen-bond donors (Lipinski definition) is 2. The molecule has 29 heavy (non-hydrogen) atoms. The molecule has 0 aliphatic carbocycles. The highest BCUT2D eigenvalue weighted by atomic mass is 32.1. The van der Waals surface area contributed by atoms with E-state index in [1.807, 2.05) is 6.92 Å². The highest BCUT2D eigenvalue weighted by Crippen LogP contribution is 2.28. The normalized spacial score (nSPS) is 18.9. The second kappa shape index (κ2) is 8.95. The van der Waals surface area contributed by atoms with Crippen LogP contribution in [-0.4, -0.2) is 41.3 Å². The first-order valence-corrected chi connectivity index (χ1v) is 11.0. The van der Waals surface area contributed by atoms with E-state index in [1.54, 1.807) is 0 Å². The summed E-state index contributed by atoms with van der Waals surface area (Å²) in [4.78, 5) is 14.4. The molecular formula is C22H30N6S. The predicted molar refractivity (Wildman–Crippen MR) is 124 cm³/mol. The number of anilines is 3. The monoisotopic (exact) mass is 410 g/mol. The molecule has 1 fully saturated rings. The van der Waals surface area contributed by atoms with Gasteiger partial charge >= 0.3 is 0 Å². The number of aromatic nitrogens is 2. The second-order valence-electron chi connectivity index (χ2n) is 8.03. The maximum absolute atomic E-state index is 5.38. The standard InChI is InChI=1S/C22H30N6S/c1-3-23-22(29)26-21-24-19(27-11-6-7-16(2)14-27)13-20(25-21)28-12-10-17-8-4-5-9-18(17)15-28/h4-5,8-9,13,16H,3,6-7,10-12,14-15H2,1-2H3,(H2,23,24,25,26,29)/t16-/m1/s1. The lowest BCUT2D eigenvalue weighted by atomic mass is 10.00. The molecule has 4 rings (SSSR count). The predicted octanol–water partition coefficient (Wildman–Crippen LogP) is 3.58. The smallest absolute Gasteiger partial charge is 0.232 e. The quantitative estimate of drug-likeness (QED) is 0.747. The Balaban J connectivity index is 1.63. The summed E-state index contributed by atoms with van der Waals surface area (Å²) in [7, 11) is 0. The van der Waals surface area contributed by atoms with Crippen molar-refractivity contribution in [3.63, 3.8) is 0 Å². The summed E-state index contributed by atoms with van der Waals surface area (Å²) >= 11 is 5.38. The number of nitrogens with one attached hydrogen (secondary N) is 2. The third-order valence-electron chi connectivity index (χ3n) is 5.70.